The average Bonchev–Trinajstić information content (AvgIpc) is 3.42. The van der Waals surface area contributed by atoms with E-state index in [0.717, 1.165) is 36.9 Å². The lowest BCUT2D eigenvalue weighted by Gasteiger charge is -2.44. The Hall–Kier alpha value is -3.35. The van der Waals surface area contributed by atoms with Crippen LogP contribution in [-0.2, 0) is 17.9 Å². The molecule has 33 heavy (non-hydrogen) atoms. The Morgan fingerprint density at radius 3 is 2.61 bits per heavy atom. The molecule has 3 aromatic heterocycles. The van der Waals surface area contributed by atoms with Crippen molar-refractivity contribution in [1.29, 1.82) is 0 Å². The molecule has 5 rings (SSSR count). The van der Waals surface area contributed by atoms with Gasteiger partial charge in [-0.1, -0.05) is 31.7 Å². The van der Waals surface area contributed by atoms with E-state index < -0.39 is 5.54 Å². The molecule has 7 nitrogen and oxygen atoms in total. The number of hydrogen-bond donors (Lipinski definition) is 1. The third-order valence-electron chi connectivity index (χ3n) is 7.02. The Bertz CT molecular complexity index is 1110. The molecule has 2 aliphatic rings. The summed E-state index contributed by atoms with van der Waals surface area (Å²) in [7, 11) is 0. The maximum atomic E-state index is 13.8. The van der Waals surface area contributed by atoms with Gasteiger partial charge in [0.25, 0.3) is 5.91 Å². The standard InChI is InChI=1S/C26H30N4O3/c1-26(25(32)28-20-9-4-2-3-5-10-20)18-29-21(23-11-7-15-33-23)12-13-22(29)24(31)30(26)17-19-8-6-14-27-16-19/h6-8,11-16,20H,2-5,9-10,17-18H2,1H3,(H,28,32). The lowest BCUT2D eigenvalue weighted by atomic mass is 9.93. The third kappa shape index (κ3) is 4.08. The van der Waals surface area contributed by atoms with Crippen LogP contribution in [0.3, 0.4) is 0 Å². The Morgan fingerprint density at radius 2 is 1.91 bits per heavy atom. The van der Waals surface area contributed by atoms with Crippen molar-refractivity contribution in [2.75, 3.05) is 0 Å². The summed E-state index contributed by atoms with van der Waals surface area (Å²) in [6.07, 6.45) is 11.7. The highest BCUT2D eigenvalue weighted by atomic mass is 16.3. The van der Waals surface area contributed by atoms with Gasteiger partial charge < -0.3 is 19.2 Å². The highest BCUT2D eigenvalue weighted by Crippen LogP contribution is 2.34. The Balaban J connectivity index is 1.51. The largest absolute Gasteiger partial charge is 0.463 e. The fraction of sp³-hybridized carbons (Fsp3) is 0.423. The molecule has 0 saturated heterocycles. The minimum Gasteiger partial charge on any atom is -0.463 e. The van der Waals surface area contributed by atoms with Crippen molar-refractivity contribution < 1.29 is 14.0 Å². The van der Waals surface area contributed by atoms with Crippen molar-refractivity contribution in [3.8, 4) is 11.5 Å². The summed E-state index contributed by atoms with van der Waals surface area (Å²) >= 11 is 0. The number of carbonyl (C=O) groups excluding carboxylic acids is 2. The SMILES string of the molecule is CC1(C(=O)NC2CCCCCC2)Cn2c(ccc2-c2ccco2)C(=O)N1Cc1cccnc1. The molecule has 1 unspecified atom stereocenters. The number of nitrogens with zero attached hydrogens (tertiary/aromatic N) is 3. The van der Waals surface area contributed by atoms with Crippen molar-refractivity contribution in [3.05, 3.63) is 66.3 Å². The number of pyridine rings is 1. The van der Waals surface area contributed by atoms with Gasteiger partial charge >= 0.3 is 0 Å². The van der Waals surface area contributed by atoms with Gasteiger partial charge in [-0.15, -0.1) is 0 Å². The summed E-state index contributed by atoms with van der Waals surface area (Å²) in [6.45, 7) is 2.56. The summed E-state index contributed by atoms with van der Waals surface area (Å²) in [5.74, 6) is 0.416. The van der Waals surface area contributed by atoms with Crippen LogP contribution in [0, 0.1) is 0 Å². The summed E-state index contributed by atoms with van der Waals surface area (Å²) in [4.78, 5) is 33.5. The van der Waals surface area contributed by atoms with Crippen LogP contribution in [0.1, 0.15) is 61.5 Å². The Labute approximate surface area is 193 Å². The maximum absolute atomic E-state index is 13.8. The number of furan rings is 1. The molecule has 172 valence electrons. The fourth-order valence-electron chi connectivity index (χ4n) is 5.10. The molecule has 1 saturated carbocycles. The summed E-state index contributed by atoms with van der Waals surface area (Å²) in [6, 6.07) is 11.4. The van der Waals surface area contributed by atoms with E-state index in [1.165, 1.54) is 12.8 Å². The number of hydrogen-bond acceptors (Lipinski definition) is 4. The van der Waals surface area contributed by atoms with Gasteiger partial charge in [0.05, 0.1) is 18.5 Å². The molecule has 1 atom stereocenters. The lowest BCUT2D eigenvalue weighted by molar-refractivity contribution is -0.134. The van der Waals surface area contributed by atoms with Crippen LogP contribution >= 0.6 is 0 Å². The van der Waals surface area contributed by atoms with Crippen LogP contribution < -0.4 is 5.32 Å². The quantitative estimate of drug-likeness (QED) is 0.589. The third-order valence-corrected chi connectivity index (χ3v) is 7.02. The first kappa shape index (κ1) is 21.5. The molecule has 1 aliphatic heterocycles. The molecule has 2 amide bonds. The maximum Gasteiger partial charge on any atom is 0.271 e. The average molecular weight is 447 g/mol. The lowest BCUT2D eigenvalue weighted by Crippen LogP contribution is -2.64. The first-order valence-electron chi connectivity index (χ1n) is 11.8. The zero-order valence-electron chi connectivity index (χ0n) is 19.0. The van der Waals surface area contributed by atoms with E-state index in [-0.39, 0.29) is 17.9 Å². The van der Waals surface area contributed by atoms with Crippen LogP contribution in [0.15, 0.2) is 59.5 Å². The van der Waals surface area contributed by atoms with Gasteiger partial charge in [-0.3, -0.25) is 14.6 Å². The molecule has 7 heteroatoms. The number of fused-ring (bicyclic) bond motifs is 1. The Morgan fingerprint density at radius 1 is 1.12 bits per heavy atom. The summed E-state index contributed by atoms with van der Waals surface area (Å²) < 4.78 is 7.54. The molecule has 1 aliphatic carbocycles. The molecule has 0 aromatic carbocycles. The molecule has 0 radical (unpaired) electrons. The van der Waals surface area contributed by atoms with E-state index in [1.54, 1.807) is 23.6 Å². The van der Waals surface area contributed by atoms with E-state index in [9.17, 15) is 9.59 Å². The van der Waals surface area contributed by atoms with Gasteiger partial charge in [0, 0.05) is 25.0 Å². The van der Waals surface area contributed by atoms with Gasteiger partial charge in [-0.2, -0.15) is 0 Å². The summed E-state index contributed by atoms with van der Waals surface area (Å²) in [5, 5.41) is 3.30. The van der Waals surface area contributed by atoms with Crippen LogP contribution in [0.4, 0.5) is 0 Å². The Kier molecular flexibility index (Phi) is 5.79. The molecule has 0 spiro atoms. The predicted octanol–water partition coefficient (Wildman–Crippen LogP) is 4.40. The normalized spacial score (nSPS) is 21.5. The second-order valence-electron chi connectivity index (χ2n) is 9.36. The highest BCUT2D eigenvalue weighted by Gasteiger charge is 2.48. The van der Waals surface area contributed by atoms with Crippen molar-refractivity contribution in [2.24, 2.45) is 0 Å². The van der Waals surface area contributed by atoms with Crippen molar-refractivity contribution in [2.45, 2.75) is 70.1 Å². The van der Waals surface area contributed by atoms with Crippen LogP contribution in [-0.4, -0.2) is 37.8 Å². The number of rotatable bonds is 5. The van der Waals surface area contributed by atoms with Gasteiger partial charge in [0.2, 0.25) is 5.91 Å². The molecule has 1 fully saturated rings. The van der Waals surface area contributed by atoms with Gasteiger partial charge in [-0.25, -0.2) is 0 Å². The van der Waals surface area contributed by atoms with E-state index in [2.05, 4.69) is 10.3 Å². The minimum absolute atomic E-state index is 0.101. The van der Waals surface area contributed by atoms with E-state index in [4.69, 9.17) is 4.42 Å². The fourth-order valence-corrected chi connectivity index (χ4v) is 5.10. The van der Waals surface area contributed by atoms with Crippen molar-refractivity contribution in [3.63, 3.8) is 0 Å². The van der Waals surface area contributed by atoms with Gasteiger partial charge in [-0.05, 0) is 55.7 Å². The van der Waals surface area contributed by atoms with Crippen LogP contribution in [0.5, 0.6) is 0 Å². The van der Waals surface area contributed by atoms with Crippen LogP contribution in [0.25, 0.3) is 11.5 Å². The second kappa shape index (κ2) is 8.89. The van der Waals surface area contributed by atoms with E-state index in [0.29, 0.717) is 24.5 Å². The van der Waals surface area contributed by atoms with E-state index in [1.807, 2.05) is 47.9 Å². The zero-order valence-corrected chi connectivity index (χ0v) is 19.0. The van der Waals surface area contributed by atoms with Crippen molar-refractivity contribution in [1.82, 2.24) is 19.8 Å². The number of aromatic nitrogens is 2. The predicted molar refractivity (Wildman–Crippen MR) is 124 cm³/mol. The topological polar surface area (TPSA) is 80.4 Å². The number of carbonyl (C=O) groups is 2. The van der Waals surface area contributed by atoms with E-state index >= 15 is 0 Å². The number of nitrogens with one attached hydrogen (secondary N) is 1. The molecule has 3 aromatic rings. The van der Waals surface area contributed by atoms with Gasteiger partial charge in [0.15, 0.2) is 0 Å². The monoisotopic (exact) mass is 446 g/mol. The van der Waals surface area contributed by atoms with Crippen LogP contribution in [0.2, 0.25) is 0 Å². The molecular formula is C26H30N4O3. The highest BCUT2D eigenvalue weighted by molar-refractivity contribution is 6.00. The molecule has 1 N–H and O–H groups in total. The molecular weight excluding hydrogens is 416 g/mol. The first-order chi connectivity index (χ1) is 16.1. The summed E-state index contributed by atoms with van der Waals surface area (Å²) in [5.41, 5.74) is 1.21. The minimum atomic E-state index is -1.05. The number of amides is 2. The smallest absolute Gasteiger partial charge is 0.271 e. The molecule has 0 bridgehead atoms. The van der Waals surface area contributed by atoms with Crippen molar-refractivity contribution >= 4 is 11.8 Å². The first-order valence-corrected chi connectivity index (χ1v) is 11.8. The second-order valence-corrected chi connectivity index (χ2v) is 9.36. The van der Waals surface area contributed by atoms with Gasteiger partial charge in [0.1, 0.15) is 17.0 Å². The zero-order chi connectivity index (χ0) is 22.8. The molecule has 4 heterocycles.